The van der Waals surface area contributed by atoms with Gasteiger partial charge in [0, 0.05) is 16.8 Å². The predicted octanol–water partition coefficient (Wildman–Crippen LogP) is 12.2. The first kappa shape index (κ1) is 30.7. The molecule has 0 radical (unpaired) electrons. The van der Waals surface area contributed by atoms with E-state index in [1.165, 1.54) is 72.0 Å². The van der Waals surface area contributed by atoms with E-state index < -0.39 is 5.41 Å². The Morgan fingerprint density at radius 3 is 1.61 bits per heavy atom. The molecule has 49 heavy (non-hydrogen) atoms. The molecule has 8 rings (SSSR count). The van der Waals surface area contributed by atoms with Gasteiger partial charge in [-0.3, -0.25) is 0 Å². The number of phenols is 1. The van der Waals surface area contributed by atoms with Gasteiger partial charge in [0.2, 0.25) is 0 Å². The molecule has 2 nitrogen and oxygen atoms in total. The largest absolute Gasteiger partial charge is 0.508 e. The molecule has 0 bridgehead atoms. The molecule has 0 aliphatic heterocycles. The molecule has 0 aromatic heterocycles. The molecule has 240 valence electrons. The molecule has 0 saturated heterocycles. The lowest BCUT2D eigenvalue weighted by atomic mass is 9.67. The summed E-state index contributed by atoms with van der Waals surface area (Å²) in [7, 11) is 0. The Balaban J connectivity index is 1.56. The van der Waals surface area contributed by atoms with E-state index in [0.717, 1.165) is 22.6 Å². The monoisotopic (exact) mass is 635 g/mol. The third-order valence-corrected chi connectivity index (χ3v) is 10.8. The molecule has 0 heterocycles. The summed E-state index contributed by atoms with van der Waals surface area (Å²) in [5, 5.41) is 12.9. The number of phenolic OH excluding ortho intramolecular Hbond substituents is 1. The smallest absolute Gasteiger partial charge is 0.115 e. The van der Waals surface area contributed by atoms with E-state index in [9.17, 15) is 5.11 Å². The molecule has 1 aliphatic rings. The Morgan fingerprint density at radius 1 is 0.469 bits per heavy atom. The maximum Gasteiger partial charge on any atom is 0.115 e. The van der Waals surface area contributed by atoms with Gasteiger partial charge >= 0.3 is 0 Å². The lowest BCUT2D eigenvalue weighted by Crippen LogP contribution is -2.29. The van der Waals surface area contributed by atoms with Crippen molar-refractivity contribution in [2.45, 2.75) is 47.0 Å². The first-order valence-electron chi connectivity index (χ1n) is 17.2. The van der Waals surface area contributed by atoms with Crippen LogP contribution in [-0.4, -0.2) is 5.11 Å². The second-order valence-electron chi connectivity index (χ2n) is 13.9. The fourth-order valence-electron chi connectivity index (χ4n) is 7.92. The number of anilines is 3. The van der Waals surface area contributed by atoms with Crippen LogP contribution < -0.4 is 4.90 Å². The standard InChI is InChI=1S/C47H41NO/c1-29-11-16-35(17-12-29)47(36-18-22-39(49)23-19-36)43-25-30(2)13-24-42(43)46-41-10-8-7-9-40(41)45(28-44(46)47)48(37-20-14-31(3)33(5)26-37)38-21-15-32(4)34(6)27-38/h7-28,49H,1-6H3. The molecule has 1 unspecified atom stereocenters. The molecular weight excluding hydrogens is 595 g/mol. The predicted molar refractivity (Wildman–Crippen MR) is 206 cm³/mol. The first-order chi connectivity index (χ1) is 23.7. The van der Waals surface area contributed by atoms with Crippen molar-refractivity contribution >= 4 is 27.8 Å². The van der Waals surface area contributed by atoms with E-state index >= 15 is 0 Å². The summed E-state index contributed by atoms with van der Waals surface area (Å²) < 4.78 is 0. The van der Waals surface area contributed by atoms with Crippen molar-refractivity contribution in [1.29, 1.82) is 0 Å². The van der Waals surface area contributed by atoms with Gasteiger partial charge in [-0.25, -0.2) is 0 Å². The Bertz CT molecular complexity index is 2300. The van der Waals surface area contributed by atoms with Crippen LogP contribution in [0.1, 0.15) is 55.6 Å². The van der Waals surface area contributed by atoms with Gasteiger partial charge in [0.15, 0.2) is 0 Å². The number of aryl methyl sites for hydroxylation is 6. The Morgan fingerprint density at radius 2 is 1.02 bits per heavy atom. The minimum absolute atomic E-state index is 0.264. The zero-order valence-electron chi connectivity index (χ0n) is 29.1. The van der Waals surface area contributed by atoms with Crippen LogP contribution in [0.2, 0.25) is 0 Å². The number of fused-ring (bicyclic) bond motifs is 5. The van der Waals surface area contributed by atoms with Gasteiger partial charge < -0.3 is 10.0 Å². The van der Waals surface area contributed by atoms with Crippen molar-refractivity contribution in [3.8, 4) is 16.9 Å². The summed E-state index contributed by atoms with van der Waals surface area (Å²) in [6, 6.07) is 48.8. The number of rotatable bonds is 5. The van der Waals surface area contributed by atoms with Crippen molar-refractivity contribution in [3.63, 3.8) is 0 Å². The summed E-state index contributed by atoms with van der Waals surface area (Å²) in [5.74, 6) is 0.264. The average Bonchev–Trinajstić information content (AvgIpc) is 3.38. The Kier molecular flexibility index (Phi) is 7.23. The van der Waals surface area contributed by atoms with Gasteiger partial charge in [-0.2, -0.15) is 0 Å². The Hall–Kier alpha value is -5.60. The van der Waals surface area contributed by atoms with Crippen LogP contribution in [0.15, 0.2) is 133 Å². The van der Waals surface area contributed by atoms with E-state index in [-0.39, 0.29) is 5.75 Å². The molecule has 1 atom stereocenters. The van der Waals surface area contributed by atoms with Crippen LogP contribution in [0.4, 0.5) is 17.1 Å². The second kappa shape index (κ2) is 11.5. The fraction of sp³-hybridized carbons (Fsp3) is 0.149. The molecule has 2 heteroatoms. The number of nitrogens with zero attached hydrogens (tertiary/aromatic N) is 1. The van der Waals surface area contributed by atoms with E-state index in [1.807, 2.05) is 12.1 Å². The van der Waals surface area contributed by atoms with Gasteiger partial charge in [-0.15, -0.1) is 0 Å². The summed E-state index contributed by atoms with van der Waals surface area (Å²) in [4.78, 5) is 2.45. The van der Waals surface area contributed by atoms with E-state index in [1.54, 1.807) is 0 Å². The third-order valence-electron chi connectivity index (χ3n) is 10.8. The maximum atomic E-state index is 10.5. The first-order valence-corrected chi connectivity index (χ1v) is 17.2. The summed E-state index contributed by atoms with van der Waals surface area (Å²) in [6.45, 7) is 13.1. The highest BCUT2D eigenvalue weighted by Crippen LogP contribution is 2.60. The highest BCUT2D eigenvalue weighted by Gasteiger charge is 2.47. The van der Waals surface area contributed by atoms with E-state index in [0.29, 0.717) is 0 Å². The minimum Gasteiger partial charge on any atom is -0.508 e. The van der Waals surface area contributed by atoms with Crippen LogP contribution in [0.25, 0.3) is 21.9 Å². The quantitative estimate of drug-likeness (QED) is 0.203. The highest BCUT2D eigenvalue weighted by molar-refractivity contribution is 6.11. The Labute approximate surface area is 290 Å². The number of hydrogen-bond acceptors (Lipinski definition) is 2. The van der Waals surface area contributed by atoms with Crippen LogP contribution in [0, 0.1) is 41.5 Å². The molecule has 0 amide bonds. The average molecular weight is 636 g/mol. The number of hydrogen-bond donors (Lipinski definition) is 1. The van der Waals surface area contributed by atoms with Gasteiger partial charge in [0.1, 0.15) is 5.75 Å². The van der Waals surface area contributed by atoms with Gasteiger partial charge in [0.25, 0.3) is 0 Å². The maximum absolute atomic E-state index is 10.5. The summed E-state index contributed by atoms with van der Waals surface area (Å²) in [6.07, 6.45) is 0. The van der Waals surface area contributed by atoms with Crippen molar-refractivity contribution in [2.24, 2.45) is 0 Å². The molecule has 1 N–H and O–H groups in total. The summed E-state index contributed by atoms with van der Waals surface area (Å²) in [5.41, 5.74) is 17.7. The summed E-state index contributed by atoms with van der Waals surface area (Å²) >= 11 is 0. The lowest BCUT2D eigenvalue weighted by Gasteiger charge is -2.35. The van der Waals surface area contributed by atoms with Gasteiger partial charge in [-0.1, -0.05) is 102 Å². The van der Waals surface area contributed by atoms with Crippen molar-refractivity contribution < 1.29 is 5.11 Å². The van der Waals surface area contributed by atoms with E-state index in [4.69, 9.17) is 0 Å². The molecule has 1 aliphatic carbocycles. The molecule has 0 spiro atoms. The molecule has 0 saturated carbocycles. The van der Waals surface area contributed by atoms with Gasteiger partial charge in [-0.05, 0) is 145 Å². The minimum atomic E-state index is -0.616. The normalized spacial score (nSPS) is 14.9. The van der Waals surface area contributed by atoms with Gasteiger partial charge in [0.05, 0.1) is 11.1 Å². The SMILES string of the molecule is Cc1ccc(C2(c3ccc(O)cc3)c3cc(C)ccc3-c3c2cc(N(c2ccc(C)c(C)c2)c2ccc(C)c(C)c2)c2ccccc32)cc1. The van der Waals surface area contributed by atoms with Crippen molar-refractivity contribution in [3.05, 3.63) is 189 Å². The van der Waals surface area contributed by atoms with Crippen LogP contribution in [0.5, 0.6) is 5.75 Å². The lowest BCUT2D eigenvalue weighted by molar-refractivity contribution is 0.475. The van der Waals surface area contributed by atoms with Crippen molar-refractivity contribution in [2.75, 3.05) is 4.90 Å². The number of benzene rings is 7. The third kappa shape index (κ3) is 4.77. The molecule has 0 fully saturated rings. The topological polar surface area (TPSA) is 23.5 Å². The van der Waals surface area contributed by atoms with Crippen molar-refractivity contribution in [1.82, 2.24) is 0 Å². The highest BCUT2D eigenvalue weighted by atomic mass is 16.3. The molecule has 7 aromatic rings. The second-order valence-corrected chi connectivity index (χ2v) is 13.9. The fourth-order valence-corrected chi connectivity index (χ4v) is 7.92. The number of aromatic hydroxyl groups is 1. The van der Waals surface area contributed by atoms with Crippen LogP contribution >= 0.6 is 0 Å². The van der Waals surface area contributed by atoms with Crippen LogP contribution in [-0.2, 0) is 5.41 Å². The van der Waals surface area contributed by atoms with E-state index in [2.05, 4.69) is 168 Å². The zero-order chi connectivity index (χ0) is 34.0. The van der Waals surface area contributed by atoms with Crippen LogP contribution in [0.3, 0.4) is 0 Å². The molecular formula is C47H41NO. The zero-order valence-corrected chi connectivity index (χ0v) is 29.1. The molecule has 7 aromatic carbocycles.